The van der Waals surface area contributed by atoms with Gasteiger partial charge in [0.2, 0.25) is 5.91 Å². The van der Waals surface area contributed by atoms with Gasteiger partial charge in [-0.1, -0.05) is 13.8 Å². The van der Waals surface area contributed by atoms with Crippen LogP contribution in [0.15, 0.2) is 21.2 Å². The lowest BCUT2D eigenvalue weighted by Crippen LogP contribution is -2.46. The number of halogens is 1. The van der Waals surface area contributed by atoms with E-state index in [1.807, 2.05) is 13.8 Å². The Bertz CT molecular complexity index is 555. The number of nitrogens with zero attached hydrogens (tertiary/aromatic N) is 1. The van der Waals surface area contributed by atoms with Crippen LogP contribution in [0.25, 0.3) is 0 Å². The number of amides is 2. The van der Waals surface area contributed by atoms with Crippen LogP contribution in [-0.2, 0) is 9.59 Å². The molecule has 0 aliphatic carbocycles. The Balaban J connectivity index is 2.59. The third-order valence-corrected chi connectivity index (χ3v) is 3.28. The van der Waals surface area contributed by atoms with Crippen molar-refractivity contribution in [1.29, 1.82) is 0 Å². The number of carbonyl (C=O) groups excluding carboxylic acids is 2. The van der Waals surface area contributed by atoms with Gasteiger partial charge in [0.05, 0.1) is 6.54 Å². The van der Waals surface area contributed by atoms with Crippen molar-refractivity contribution in [3.05, 3.63) is 22.6 Å². The molecule has 0 aliphatic heterocycles. The maximum absolute atomic E-state index is 12.0. The first-order valence-corrected chi connectivity index (χ1v) is 7.53. The zero-order valence-corrected chi connectivity index (χ0v) is 14.2. The average molecular weight is 375 g/mol. The molecule has 1 aromatic rings. The number of carboxylic acids is 1. The van der Waals surface area contributed by atoms with Gasteiger partial charge in [0.1, 0.15) is 6.04 Å². The van der Waals surface area contributed by atoms with Crippen molar-refractivity contribution in [1.82, 2.24) is 10.2 Å². The average Bonchev–Trinajstić information content (AvgIpc) is 2.82. The molecule has 0 bridgehead atoms. The van der Waals surface area contributed by atoms with Gasteiger partial charge in [-0.25, -0.2) is 4.79 Å². The van der Waals surface area contributed by atoms with Crippen LogP contribution in [0.3, 0.4) is 0 Å². The van der Waals surface area contributed by atoms with E-state index in [4.69, 9.17) is 9.52 Å². The van der Waals surface area contributed by atoms with Crippen molar-refractivity contribution < 1.29 is 23.9 Å². The molecule has 2 N–H and O–H groups in total. The van der Waals surface area contributed by atoms with E-state index in [1.54, 1.807) is 6.07 Å². The maximum Gasteiger partial charge on any atom is 0.326 e. The number of nitrogens with one attached hydrogen (secondary N) is 1. The molecule has 22 heavy (non-hydrogen) atoms. The first-order chi connectivity index (χ1) is 10.2. The summed E-state index contributed by atoms with van der Waals surface area (Å²) in [4.78, 5) is 36.1. The van der Waals surface area contributed by atoms with E-state index >= 15 is 0 Å². The van der Waals surface area contributed by atoms with E-state index in [0.717, 1.165) is 4.90 Å². The highest BCUT2D eigenvalue weighted by molar-refractivity contribution is 9.10. The van der Waals surface area contributed by atoms with Gasteiger partial charge in [-0.15, -0.1) is 0 Å². The number of hydrogen-bond donors (Lipinski definition) is 2. The predicted molar refractivity (Wildman–Crippen MR) is 82.4 cm³/mol. The van der Waals surface area contributed by atoms with E-state index in [2.05, 4.69) is 21.2 Å². The van der Waals surface area contributed by atoms with Gasteiger partial charge in [0.25, 0.3) is 5.91 Å². The molecular weight excluding hydrogens is 356 g/mol. The van der Waals surface area contributed by atoms with Crippen molar-refractivity contribution >= 4 is 33.7 Å². The van der Waals surface area contributed by atoms with Gasteiger partial charge in [-0.3, -0.25) is 9.59 Å². The highest BCUT2D eigenvalue weighted by Crippen LogP contribution is 2.15. The summed E-state index contributed by atoms with van der Waals surface area (Å²) in [5.41, 5.74) is 0. The highest BCUT2D eigenvalue weighted by atomic mass is 79.9. The molecule has 0 saturated heterocycles. The molecule has 0 aromatic carbocycles. The molecule has 0 aliphatic rings. The van der Waals surface area contributed by atoms with Gasteiger partial charge in [-0.2, -0.15) is 0 Å². The number of rotatable bonds is 7. The number of aliphatic carboxylic acids is 1. The molecule has 1 rings (SSSR count). The van der Waals surface area contributed by atoms with Crippen LogP contribution in [0.4, 0.5) is 0 Å². The van der Waals surface area contributed by atoms with Crippen LogP contribution < -0.4 is 5.32 Å². The standard InChI is InChI=1S/C14H19BrN2O5/c1-8(2)6-9(14(20)21)16-12(18)7-17(3)13(19)10-4-5-11(15)22-10/h4-5,8-9H,6-7H2,1-3H3,(H,16,18)(H,20,21)/t9-/m1/s1. The van der Waals surface area contributed by atoms with Crippen molar-refractivity contribution in [2.24, 2.45) is 5.92 Å². The van der Waals surface area contributed by atoms with Crippen LogP contribution in [0.5, 0.6) is 0 Å². The quantitative estimate of drug-likeness (QED) is 0.756. The summed E-state index contributed by atoms with van der Waals surface area (Å²) in [7, 11) is 1.44. The first kappa shape index (κ1) is 18.2. The second kappa shape index (κ2) is 7.98. The minimum Gasteiger partial charge on any atom is -0.480 e. The largest absolute Gasteiger partial charge is 0.480 e. The lowest BCUT2D eigenvalue weighted by atomic mass is 10.0. The zero-order valence-electron chi connectivity index (χ0n) is 12.6. The Morgan fingerprint density at radius 1 is 1.36 bits per heavy atom. The van der Waals surface area contributed by atoms with Gasteiger partial charge >= 0.3 is 5.97 Å². The van der Waals surface area contributed by atoms with Crippen molar-refractivity contribution in [3.8, 4) is 0 Å². The number of furan rings is 1. The summed E-state index contributed by atoms with van der Waals surface area (Å²) in [6, 6.07) is 2.10. The van der Waals surface area contributed by atoms with Crippen LogP contribution in [0.2, 0.25) is 0 Å². The molecule has 0 unspecified atom stereocenters. The van der Waals surface area contributed by atoms with Crippen molar-refractivity contribution in [2.45, 2.75) is 26.3 Å². The monoisotopic (exact) mass is 374 g/mol. The molecule has 1 aromatic heterocycles. The van der Waals surface area contributed by atoms with E-state index in [0.29, 0.717) is 11.1 Å². The number of carboxylic acid groups (broad SMARTS) is 1. The molecule has 0 fully saturated rings. The molecule has 0 spiro atoms. The third-order valence-electron chi connectivity index (χ3n) is 2.85. The lowest BCUT2D eigenvalue weighted by molar-refractivity contribution is -0.142. The molecule has 1 heterocycles. The molecule has 0 radical (unpaired) electrons. The lowest BCUT2D eigenvalue weighted by Gasteiger charge is -2.19. The second-order valence-electron chi connectivity index (χ2n) is 5.35. The molecular formula is C14H19BrN2O5. The summed E-state index contributed by atoms with van der Waals surface area (Å²) in [5.74, 6) is -1.86. The fourth-order valence-electron chi connectivity index (χ4n) is 1.84. The summed E-state index contributed by atoms with van der Waals surface area (Å²) in [5, 5.41) is 11.5. The summed E-state index contributed by atoms with van der Waals surface area (Å²) in [6.07, 6.45) is 0.323. The summed E-state index contributed by atoms with van der Waals surface area (Å²) >= 11 is 3.09. The topological polar surface area (TPSA) is 99.9 Å². The summed E-state index contributed by atoms with van der Waals surface area (Å²) in [6.45, 7) is 3.48. The molecule has 0 saturated carbocycles. The zero-order chi connectivity index (χ0) is 16.9. The SMILES string of the molecule is CC(C)C[C@@H](NC(=O)CN(C)C(=O)c1ccc(Br)o1)C(=O)O. The van der Waals surface area contributed by atoms with Gasteiger partial charge < -0.3 is 19.7 Å². The molecule has 1 atom stereocenters. The van der Waals surface area contributed by atoms with Gasteiger partial charge in [0, 0.05) is 7.05 Å². The molecule has 122 valence electrons. The predicted octanol–water partition coefficient (Wildman–Crippen LogP) is 1.73. The highest BCUT2D eigenvalue weighted by Gasteiger charge is 2.23. The number of likely N-dealkylation sites (N-methyl/N-ethyl adjacent to an activating group) is 1. The smallest absolute Gasteiger partial charge is 0.326 e. The minimum absolute atomic E-state index is 0.0964. The minimum atomic E-state index is -1.09. The van der Waals surface area contributed by atoms with Crippen LogP contribution in [0.1, 0.15) is 30.8 Å². The second-order valence-corrected chi connectivity index (χ2v) is 6.13. The van der Waals surface area contributed by atoms with Crippen LogP contribution in [-0.4, -0.2) is 47.4 Å². The summed E-state index contributed by atoms with van der Waals surface area (Å²) < 4.78 is 5.53. The van der Waals surface area contributed by atoms with Crippen molar-refractivity contribution in [2.75, 3.05) is 13.6 Å². The Morgan fingerprint density at radius 3 is 2.45 bits per heavy atom. The van der Waals surface area contributed by atoms with Gasteiger partial charge in [0.15, 0.2) is 10.4 Å². The normalized spacial score (nSPS) is 12.0. The van der Waals surface area contributed by atoms with Crippen LogP contribution >= 0.6 is 15.9 Å². The molecule has 2 amide bonds. The fraction of sp³-hybridized carbons (Fsp3) is 0.500. The Labute approximate surface area is 136 Å². The first-order valence-electron chi connectivity index (χ1n) is 6.73. The van der Waals surface area contributed by atoms with Crippen LogP contribution in [0, 0.1) is 5.92 Å². The third kappa shape index (κ3) is 5.51. The van der Waals surface area contributed by atoms with E-state index < -0.39 is 23.8 Å². The number of carbonyl (C=O) groups is 3. The number of hydrogen-bond acceptors (Lipinski definition) is 4. The maximum atomic E-state index is 12.0. The van der Waals surface area contributed by atoms with Crippen molar-refractivity contribution in [3.63, 3.8) is 0 Å². The van der Waals surface area contributed by atoms with E-state index in [-0.39, 0.29) is 18.2 Å². The van der Waals surface area contributed by atoms with E-state index in [1.165, 1.54) is 13.1 Å². The Kier molecular flexibility index (Phi) is 6.61. The molecule has 8 heteroatoms. The van der Waals surface area contributed by atoms with E-state index in [9.17, 15) is 14.4 Å². The fourth-order valence-corrected chi connectivity index (χ4v) is 2.14. The Hall–Kier alpha value is -1.83. The Morgan fingerprint density at radius 2 is 2.00 bits per heavy atom. The molecule has 7 nitrogen and oxygen atoms in total. The van der Waals surface area contributed by atoms with Gasteiger partial charge in [-0.05, 0) is 40.4 Å².